The standard InChI is InChI=1S/C16H21NO3S/c1-11(2)5-6-19-7-8-20-16(18)15-10-12-9-13(17)3-4-14(12)21-15/h3-4,9-11H,5-8,17H2,1-2H3. The number of ether oxygens (including phenoxy) is 2. The van der Waals surface area contributed by atoms with Crippen LogP contribution in [-0.2, 0) is 9.47 Å². The molecule has 1 aromatic carbocycles. The summed E-state index contributed by atoms with van der Waals surface area (Å²) in [5.41, 5.74) is 6.42. The molecule has 1 heterocycles. The fourth-order valence-electron chi connectivity index (χ4n) is 1.85. The van der Waals surface area contributed by atoms with Crippen molar-refractivity contribution < 1.29 is 14.3 Å². The number of esters is 1. The third-order valence-corrected chi connectivity index (χ3v) is 4.14. The summed E-state index contributed by atoms with van der Waals surface area (Å²) >= 11 is 1.42. The number of hydrogen-bond donors (Lipinski definition) is 1. The molecule has 0 atom stereocenters. The zero-order valence-corrected chi connectivity index (χ0v) is 13.2. The van der Waals surface area contributed by atoms with Crippen LogP contribution in [0.5, 0.6) is 0 Å². The van der Waals surface area contributed by atoms with Crippen molar-refractivity contribution >= 4 is 33.1 Å². The molecule has 4 nitrogen and oxygen atoms in total. The van der Waals surface area contributed by atoms with Crippen molar-refractivity contribution in [3.63, 3.8) is 0 Å². The van der Waals surface area contributed by atoms with Gasteiger partial charge in [0.1, 0.15) is 11.5 Å². The third kappa shape index (κ3) is 4.72. The minimum atomic E-state index is -0.303. The van der Waals surface area contributed by atoms with E-state index in [1.54, 1.807) is 0 Å². The van der Waals surface area contributed by atoms with Gasteiger partial charge in [0.05, 0.1) is 6.61 Å². The van der Waals surface area contributed by atoms with E-state index >= 15 is 0 Å². The monoisotopic (exact) mass is 307 g/mol. The smallest absolute Gasteiger partial charge is 0.348 e. The first-order chi connectivity index (χ1) is 10.1. The highest BCUT2D eigenvalue weighted by Crippen LogP contribution is 2.27. The van der Waals surface area contributed by atoms with E-state index in [2.05, 4.69) is 13.8 Å². The number of rotatable bonds is 7. The maximum atomic E-state index is 11.9. The lowest BCUT2D eigenvalue weighted by Gasteiger charge is -2.06. The molecular formula is C16H21NO3S. The summed E-state index contributed by atoms with van der Waals surface area (Å²) in [4.78, 5) is 12.5. The molecule has 21 heavy (non-hydrogen) atoms. The molecule has 0 aliphatic rings. The van der Waals surface area contributed by atoms with Crippen LogP contribution < -0.4 is 5.73 Å². The van der Waals surface area contributed by atoms with Crippen molar-refractivity contribution in [2.75, 3.05) is 25.6 Å². The van der Waals surface area contributed by atoms with Gasteiger partial charge in [-0.05, 0) is 42.0 Å². The van der Waals surface area contributed by atoms with Crippen molar-refractivity contribution in [3.05, 3.63) is 29.1 Å². The van der Waals surface area contributed by atoms with Gasteiger partial charge in [0.25, 0.3) is 0 Å². The molecule has 0 radical (unpaired) electrons. The summed E-state index contributed by atoms with van der Waals surface area (Å²) in [7, 11) is 0. The van der Waals surface area contributed by atoms with Gasteiger partial charge < -0.3 is 15.2 Å². The Kier molecular flexibility index (Phi) is 5.59. The fraction of sp³-hybridized carbons (Fsp3) is 0.438. The zero-order chi connectivity index (χ0) is 15.2. The molecule has 0 aliphatic carbocycles. The largest absolute Gasteiger partial charge is 0.459 e. The lowest BCUT2D eigenvalue weighted by atomic mass is 10.1. The van der Waals surface area contributed by atoms with Crippen LogP contribution in [0.25, 0.3) is 10.1 Å². The highest BCUT2D eigenvalue weighted by Gasteiger charge is 2.11. The Bertz CT molecular complexity index is 607. The minimum absolute atomic E-state index is 0.285. The van der Waals surface area contributed by atoms with Gasteiger partial charge in [0.15, 0.2) is 0 Å². The Morgan fingerprint density at radius 2 is 2.05 bits per heavy atom. The van der Waals surface area contributed by atoms with Crippen molar-refractivity contribution in [2.24, 2.45) is 5.92 Å². The Morgan fingerprint density at radius 3 is 2.81 bits per heavy atom. The average molecular weight is 307 g/mol. The van der Waals surface area contributed by atoms with E-state index < -0.39 is 0 Å². The van der Waals surface area contributed by atoms with Gasteiger partial charge in [-0.2, -0.15) is 0 Å². The highest BCUT2D eigenvalue weighted by atomic mass is 32.1. The molecule has 0 aliphatic heterocycles. The van der Waals surface area contributed by atoms with Crippen LogP contribution in [0.2, 0.25) is 0 Å². The normalized spacial score (nSPS) is 11.2. The summed E-state index contributed by atoms with van der Waals surface area (Å²) in [6.45, 7) is 5.73. The summed E-state index contributed by atoms with van der Waals surface area (Å²) < 4.78 is 11.7. The van der Waals surface area contributed by atoms with E-state index in [0.29, 0.717) is 29.7 Å². The first-order valence-corrected chi connectivity index (χ1v) is 7.92. The predicted octanol–water partition coefficient (Wildman–Crippen LogP) is 3.70. The molecular weight excluding hydrogens is 286 g/mol. The predicted molar refractivity (Wildman–Crippen MR) is 86.8 cm³/mol. The molecule has 5 heteroatoms. The van der Waals surface area contributed by atoms with Crippen LogP contribution in [0.1, 0.15) is 29.9 Å². The van der Waals surface area contributed by atoms with Crippen molar-refractivity contribution in [3.8, 4) is 0 Å². The highest BCUT2D eigenvalue weighted by molar-refractivity contribution is 7.20. The molecule has 2 rings (SSSR count). The quantitative estimate of drug-likeness (QED) is 0.481. The Hall–Kier alpha value is -1.59. The summed E-state index contributed by atoms with van der Waals surface area (Å²) in [5, 5.41) is 0.972. The first kappa shape index (κ1) is 15.8. The van der Waals surface area contributed by atoms with Crippen LogP contribution in [0.15, 0.2) is 24.3 Å². The number of nitrogens with two attached hydrogens (primary N) is 1. The van der Waals surface area contributed by atoms with Gasteiger partial charge in [0, 0.05) is 17.0 Å². The van der Waals surface area contributed by atoms with Gasteiger partial charge in [-0.1, -0.05) is 13.8 Å². The second kappa shape index (κ2) is 7.43. The van der Waals surface area contributed by atoms with Crippen LogP contribution >= 0.6 is 11.3 Å². The van der Waals surface area contributed by atoms with Gasteiger partial charge >= 0.3 is 5.97 Å². The molecule has 2 N–H and O–H groups in total. The summed E-state index contributed by atoms with van der Waals surface area (Å²) in [6, 6.07) is 7.42. The molecule has 0 spiro atoms. The Labute approximate surface area is 128 Å². The van der Waals surface area contributed by atoms with Crippen LogP contribution in [0.3, 0.4) is 0 Å². The second-order valence-corrected chi connectivity index (χ2v) is 6.42. The molecule has 0 fully saturated rings. The van der Waals surface area contributed by atoms with Gasteiger partial charge in [-0.15, -0.1) is 11.3 Å². The van der Waals surface area contributed by atoms with Crippen LogP contribution in [0, 0.1) is 5.92 Å². The van der Waals surface area contributed by atoms with Gasteiger partial charge in [-0.25, -0.2) is 4.79 Å². The SMILES string of the molecule is CC(C)CCOCCOC(=O)c1cc2cc(N)ccc2s1. The number of nitrogen functional groups attached to an aromatic ring is 1. The molecule has 2 aromatic rings. The maximum Gasteiger partial charge on any atom is 0.348 e. The van der Waals surface area contributed by atoms with Gasteiger partial charge in [-0.3, -0.25) is 0 Å². The van der Waals surface area contributed by atoms with Crippen molar-refractivity contribution in [1.82, 2.24) is 0 Å². The minimum Gasteiger partial charge on any atom is -0.459 e. The molecule has 1 aromatic heterocycles. The lowest BCUT2D eigenvalue weighted by molar-refractivity contribution is 0.0308. The van der Waals surface area contributed by atoms with Crippen LogP contribution in [-0.4, -0.2) is 25.8 Å². The Balaban J connectivity index is 1.79. The molecule has 0 saturated heterocycles. The first-order valence-electron chi connectivity index (χ1n) is 7.10. The average Bonchev–Trinajstić information content (AvgIpc) is 2.85. The maximum absolute atomic E-state index is 11.9. The van der Waals surface area contributed by atoms with E-state index in [1.165, 1.54) is 11.3 Å². The molecule has 114 valence electrons. The fourth-order valence-corrected chi connectivity index (χ4v) is 2.78. The van der Waals surface area contributed by atoms with Crippen molar-refractivity contribution in [2.45, 2.75) is 20.3 Å². The number of fused-ring (bicyclic) bond motifs is 1. The van der Waals surface area contributed by atoms with Gasteiger partial charge in [0.2, 0.25) is 0 Å². The van der Waals surface area contributed by atoms with E-state index in [0.717, 1.165) is 16.5 Å². The Morgan fingerprint density at radius 1 is 1.24 bits per heavy atom. The topological polar surface area (TPSA) is 61.5 Å². The number of carbonyl (C=O) groups excluding carboxylic acids is 1. The molecule has 0 amide bonds. The number of thiophene rings is 1. The van der Waals surface area contributed by atoms with Crippen molar-refractivity contribution in [1.29, 1.82) is 0 Å². The number of benzene rings is 1. The number of carbonyl (C=O) groups is 1. The third-order valence-electron chi connectivity index (χ3n) is 3.04. The van der Waals surface area contributed by atoms with E-state index in [-0.39, 0.29) is 12.6 Å². The molecule has 0 bridgehead atoms. The van der Waals surface area contributed by atoms with E-state index in [1.807, 2.05) is 24.3 Å². The molecule has 0 unspecified atom stereocenters. The summed E-state index contributed by atoms with van der Waals surface area (Å²) in [6.07, 6.45) is 1.02. The number of anilines is 1. The van der Waals surface area contributed by atoms with Crippen LogP contribution in [0.4, 0.5) is 5.69 Å². The second-order valence-electron chi connectivity index (χ2n) is 5.34. The number of hydrogen-bond acceptors (Lipinski definition) is 5. The summed E-state index contributed by atoms with van der Waals surface area (Å²) in [5.74, 6) is 0.320. The van der Waals surface area contributed by atoms with E-state index in [4.69, 9.17) is 15.2 Å². The zero-order valence-electron chi connectivity index (χ0n) is 12.4. The van der Waals surface area contributed by atoms with E-state index in [9.17, 15) is 4.79 Å². The lowest BCUT2D eigenvalue weighted by Crippen LogP contribution is -2.10. The molecule has 0 saturated carbocycles.